The van der Waals surface area contributed by atoms with Crippen LogP contribution in [0, 0.1) is 5.92 Å². The highest BCUT2D eigenvalue weighted by Crippen LogP contribution is 2.39. The van der Waals surface area contributed by atoms with Crippen LogP contribution in [0.25, 0.3) is 0 Å². The van der Waals surface area contributed by atoms with E-state index in [-0.39, 0.29) is 34.6 Å². The van der Waals surface area contributed by atoms with Crippen molar-refractivity contribution in [2.24, 2.45) is 10.9 Å². The third-order valence-electron chi connectivity index (χ3n) is 4.98. The number of amidine groups is 1. The van der Waals surface area contributed by atoms with Crippen LogP contribution in [0.15, 0.2) is 29.3 Å². The van der Waals surface area contributed by atoms with Crippen LogP contribution >= 0.6 is 23.4 Å². The Morgan fingerprint density at radius 3 is 2.54 bits per heavy atom. The number of sulfone groups is 1. The summed E-state index contributed by atoms with van der Waals surface area (Å²) in [6.45, 7) is 4.50. The zero-order valence-corrected chi connectivity index (χ0v) is 17.3. The smallest absolute Gasteiger partial charge is 0.251 e. The molecule has 3 rings (SSSR count). The summed E-state index contributed by atoms with van der Waals surface area (Å²) in [7, 11) is -3.04. The topological polar surface area (TPSA) is 66.8 Å². The number of nitrogens with zero attached hydrogens (tertiary/aromatic N) is 2. The molecule has 2 aliphatic heterocycles. The first-order chi connectivity index (χ1) is 12.3. The fourth-order valence-electron chi connectivity index (χ4n) is 3.43. The van der Waals surface area contributed by atoms with Gasteiger partial charge in [0.15, 0.2) is 15.0 Å². The number of carbonyl (C=O) groups is 1. The van der Waals surface area contributed by atoms with Gasteiger partial charge in [-0.1, -0.05) is 49.3 Å². The Labute approximate surface area is 164 Å². The number of aliphatic imine (C=N–C) groups is 1. The van der Waals surface area contributed by atoms with Crippen LogP contribution in [-0.4, -0.2) is 47.2 Å². The first-order valence-electron chi connectivity index (χ1n) is 8.83. The van der Waals surface area contributed by atoms with Crippen LogP contribution in [0.3, 0.4) is 0 Å². The monoisotopic (exact) mass is 414 g/mol. The Kier molecular flexibility index (Phi) is 5.99. The summed E-state index contributed by atoms with van der Waals surface area (Å²) in [4.78, 5) is 18.9. The molecule has 0 aromatic heterocycles. The van der Waals surface area contributed by atoms with E-state index in [4.69, 9.17) is 11.6 Å². The molecule has 0 radical (unpaired) electrons. The number of rotatable bonds is 5. The molecule has 2 atom stereocenters. The molecule has 0 bridgehead atoms. The number of benzene rings is 1. The number of carbonyl (C=O) groups excluding carboxylic acids is 1. The van der Waals surface area contributed by atoms with E-state index in [0.717, 1.165) is 18.4 Å². The molecule has 2 heterocycles. The van der Waals surface area contributed by atoms with Gasteiger partial charge in [0.25, 0.3) is 5.91 Å². The van der Waals surface area contributed by atoms with Gasteiger partial charge in [0.05, 0.1) is 17.5 Å². The molecule has 1 amide bonds. The van der Waals surface area contributed by atoms with Crippen molar-refractivity contribution in [3.05, 3.63) is 34.9 Å². The van der Waals surface area contributed by atoms with Gasteiger partial charge in [0.1, 0.15) is 0 Å². The molecule has 5 nitrogen and oxygen atoms in total. The van der Waals surface area contributed by atoms with Crippen LogP contribution in [0.5, 0.6) is 0 Å². The lowest BCUT2D eigenvalue weighted by Crippen LogP contribution is -2.37. The molecular weight excluding hydrogens is 392 g/mol. The molecule has 1 aromatic carbocycles. The van der Waals surface area contributed by atoms with Gasteiger partial charge in [-0.3, -0.25) is 4.79 Å². The van der Waals surface area contributed by atoms with Crippen molar-refractivity contribution in [1.29, 1.82) is 0 Å². The number of hydrogen-bond donors (Lipinski definition) is 0. The summed E-state index contributed by atoms with van der Waals surface area (Å²) in [5.74, 6) is 0.0831. The first kappa shape index (κ1) is 19.7. The van der Waals surface area contributed by atoms with Gasteiger partial charge in [-0.25, -0.2) is 8.42 Å². The molecule has 2 saturated heterocycles. The number of fused-ring (bicyclic) bond motifs is 1. The predicted octanol–water partition coefficient (Wildman–Crippen LogP) is 3.37. The van der Waals surface area contributed by atoms with Crippen molar-refractivity contribution in [2.75, 3.05) is 11.5 Å². The molecule has 8 heteroatoms. The van der Waals surface area contributed by atoms with Gasteiger partial charge in [-0.2, -0.15) is 4.99 Å². The maximum absolute atomic E-state index is 12.5. The molecule has 142 valence electrons. The van der Waals surface area contributed by atoms with Crippen molar-refractivity contribution in [3.8, 4) is 0 Å². The molecule has 2 aliphatic rings. The third kappa shape index (κ3) is 4.26. The van der Waals surface area contributed by atoms with Gasteiger partial charge < -0.3 is 4.90 Å². The molecular formula is C18H23ClN2O3S2. The fourth-order valence-corrected chi connectivity index (χ4v) is 7.51. The number of halogens is 1. The van der Waals surface area contributed by atoms with E-state index in [1.54, 1.807) is 0 Å². The molecule has 26 heavy (non-hydrogen) atoms. The fraction of sp³-hybridized carbons (Fsp3) is 0.556. The summed E-state index contributed by atoms with van der Waals surface area (Å²) in [5.41, 5.74) is 1.02. The zero-order valence-electron chi connectivity index (χ0n) is 14.9. The highest BCUT2D eigenvalue weighted by atomic mass is 35.5. The molecule has 0 N–H and O–H groups in total. The van der Waals surface area contributed by atoms with Crippen LogP contribution in [0.2, 0.25) is 5.02 Å². The van der Waals surface area contributed by atoms with Crippen molar-refractivity contribution < 1.29 is 13.2 Å². The van der Waals surface area contributed by atoms with E-state index in [0.29, 0.717) is 16.7 Å². The Bertz CT molecular complexity index is 804. The quantitative estimate of drug-likeness (QED) is 0.738. The lowest BCUT2D eigenvalue weighted by Gasteiger charge is -2.24. The Morgan fingerprint density at radius 2 is 1.92 bits per heavy atom. The largest absolute Gasteiger partial charge is 0.342 e. The third-order valence-corrected chi connectivity index (χ3v) is 8.48. The molecule has 0 spiro atoms. The Hall–Kier alpha value is -1.05. The lowest BCUT2D eigenvalue weighted by molar-refractivity contribution is -0.121. The molecule has 0 saturated carbocycles. The Morgan fingerprint density at radius 1 is 1.27 bits per heavy atom. The lowest BCUT2D eigenvalue weighted by atomic mass is 10.0. The van der Waals surface area contributed by atoms with Crippen LogP contribution < -0.4 is 0 Å². The summed E-state index contributed by atoms with van der Waals surface area (Å²) >= 11 is 7.38. The minimum absolute atomic E-state index is 0.0550. The van der Waals surface area contributed by atoms with Crippen molar-refractivity contribution >= 4 is 44.3 Å². The predicted molar refractivity (Wildman–Crippen MR) is 107 cm³/mol. The summed E-state index contributed by atoms with van der Waals surface area (Å²) in [6.07, 6.45) is 1.52. The van der Waals surface area contributed by atoms with Gasteiger partial charge in [0, 0.05) is 22.7 Å². The maximum Gasteiger partial charge on any atom is 0.251 e. The van der Waals surface area contributed by atoms with Crippen molar-refractivity contribution in [2.45, 2.75) is 44.5 Å². The maximum atomic E-state index is 12.5. The van der Waals surface area contributed by atoms with Gasteiger partial charge in [0.2, 0.25) is 0 Å². The second-order valence-electron chi connectivity index (χ2n) is 6.80. The van der Waals surface area contributed by atoms with E-state index < -0.39 is 9.84 Å². The minimum Gasteiger partial charge on any atom is -0.342 e. The average molecular weight is 415 g/mol. The average Bonchev–Trinajstić information content (AvgIpc) is 3.03. The summed E-state index contributed by atoms with van der Waals surface area (Å²) in [5, 5.41) is 1.26. The van der Waals surface area contributed by atoms with Crippen LogP contribution in [0.1, 0.15) is 32.3 Å². The van der Waals surface area contributed by atoms with E-state index in [2.05, 4.69) is 4.99 Å². The minimum atomic E-state index is -3.04. The number of thioether (sulfide) groups is 1. The van der Waals surface area contributed by atoms with E-state index in [1.165, 1.54) is 11.8 Å². The van der Waals surface area contributed by atoms with Crippen molar-refractivity contribution in [1.82, 2.24) is 4.90 Å². The Balaban J connectivity index is 1.88. The van der Waals surface area contributed by atoms with Gasteiger partial charge in [-0.05, 0) is 30.5 Å². The second kappa shape index (κ2) is 7.90. The van der Waals surface area contributed by atoms with Crippen LogP contribution in [-0.2, 0) is 21.2 Å². The zero-order chi connectivity index (χ0) is 18.9. The summed E-state index contributed by atoms with van der Waals surface area (Å²) < 4.78 is 24.1. The summed E-state index contributed by atoms with van der Waals surface area (Å²) in [6, 6.07) is 7.34. The van der Waals surface area contributed by atoms with Crippen molar-refractivity contribution in [3.63, 3.8) is 0 Å². The second-order valence-corrected chi connectivity index (χ2v) is 10.6. The molecule has 0 unspecified atom stereocenters. The highest BCUT2D eigenvalue weighted by Gasteiger charge is 2.48. The number of amides is 1. The molecule has 2 fully saturated rings. The number of hydrogen-bond acceptors (Lipinski definition) is 4. The van der Waals surface area contributed by atoms with E-state index >= 15 is 0 Å². The SMILES string of the molecule is CCC(CC)C(=O)N=C1S[C@H]2CS(=O)(=O)C[C@@H]2N1Cc1ccc(Cl)cc1. The van der Waals surface area contributed by atoms with E-state index in [9.17, 15) is 13.2 Å². The van der Waals surface area contributed by atoms with Gasteiger partial charge in [-0.15, -0.1) is 0 Å². The van der Waals surface area contributed by atoms with Gasteiger partial charge >= 0.3 is 0 Å². The molecule has 0 aliphatic carbocycles. The highest BCUT2D eigenvalue weighted by molar-refractivity contribution is 8.15. The van der Waals surface area contributed by atoms with Crippen LogP contribution in [0.4, 0.5) is 0 Å². The first-order valence-corrected chi connectivity index (χ1v) is 11.9. The normalized spacial score (nSPS) is 25.8. The standard InChI is InChI=1S/C18H23ClN2O3S2/c1-3-13(4-2)17(22)20-18-21(9-12-5-7-14(19)8-6-12)15-10-26(23,24)11-16(15)25-18/h5-8,13,15-16H,3-4,9-11H2,1-2H3/t15-,16-/m0/s1. The van der Waals surface area contributed by atoms with E-state index in [1.807, 2.05) is 43.0 Å². The molecule has 1 aromatic rings.